The summed E-state index contributed by atoms with van der Waals surface area (Å²) in [6.45, 7) is 5.15. The van der Waals surface area contributed by atoms with Crippen LogP contribution in [0.2, 0.25) is 0 Å². The van der Waals surface area contributed by atoms with E-state index < -0.39 is 5.97 Å². The molecule has 0 radical (unpaired) electrons. The van der Waals surface area contributed by atoms with Crippen LogP contribution in [-0.2, 0) is 4.79 Å². The van der Waals surface area contributed by atoms with Crippen molar-refractivity contribution in [1.29, 1.82) is 0 Å². The Morgan fingerprint density at radius 2 is 1.67 bits per heavy atom. The standard InChI is InChI=1S/C20H22O4/c1-3-15-23-17-12-9-16(10-13-17)11-14-20(21)24-19-8-6-5-7-18(19)22-4-2/h5-14H,3-4,15H2,1-2H3/b14-11+. The zero-order valence-electron chi connectivity index (χ0n) is 14.0. The van der Waals surface area contributed by atoms with Crippen LogP contribution in [0.15, 0.2) is 54.6 Å². The summed E-state index contributed by atoms with van der Waals surface area (Å²) < 4.78 is 16.3. The largest absolute Gasteiger partial charge is 0.494 e. The number of hydrogen-bond donors (Lipinski definition) is 0. The van der Waals surface area contributed by atoms with Crippen LogP contribution >= 0.6 is 0 Å². The maximum atomic E-state index is 12.0. The SMILES string of the molecule is CCCOc1ccc(/C=C/C(=O)Oc2ccccc2OCC)cc1. The summed E-state index contributed by atoms with van der Waals surface area (Å²) in [6, 6.07) is 14.6. The van der Waals surface area contributed by atoms with Gasteiger partial charge in [-0.15, -0.1) is 0 Å². The maximum Gasteiger partial charge on any atom is 0.336 e. The Morgan fingerprint density at radius 1 is 0.958 bits per heavy atom. The molecule has 0 unspecified atom stereocenters. The molecule has 0 amide bonds. The molecule has 0 atom stereocenters. The van der Waals surface area contributed by atoms with Gasteiger partial charge in [0.1, 0.15) is 5.75 Å². The summed E-state index contributed by atoms with van der Waals surface area (Å²) in [5, 5.41) is 0. The highest BCUT2D eigenvalue weighted by atomic mass is 16.6. The molecule has 0 aliphatic rings. The van der Waals surface area contributed by atoms with Gasteiger partial charge in [0.2, 0.25) is 0 Å². The van der Waals surface area contributed by atoms with E-state index in [2.05, 4.69) is 6.92 Å². The Kier molecular flexibility index (Phi) is 6.90. The summed E-state index contributed by atoms with van der Waals surface area (Å²) in [6.07, 6.45) is 4.07. The van der Waals surface area contributed by atoms with Crippen molar-refractivity contribution < 1.29 is 19.0 Å². The fraction of sp³-hybridized carbons (Fsp3) is 0.250. The van der Waals surface area contributed by atoms with Crippen LogP contribution in [0.1, 0.15) is 25.8 Å². The first-order chi connectivity index (χ1) is 11.7. The number of hydrogen-bond acceptors (Lipinski definition) is 4. The number of para-hydroxylation sites is 2. The first-order valence-electron chi connectivity index (χ1n) is 8.07. The average molecular weight is 326 g/mol. The van der Waals surface area contributed by atoms with Crippen molar-refractivity contribution in [3.63, 3.8) is 0 Å². The second-order valence-electron chi connectivity index (χ2n) is 5.05. The molecule has 2 aromatic carbocycles. The van der Waals surface area contributed by atoms with E-state index >= 15 is 0 Å². The number of carbonyl (C=O) groups is 1. The Morgan fingerprint density at radius 3 is 2.33 bits per heavy atom. The van der Waals surface area contributed by atoms with E-state index in [1.54, 1.807) is 24.3 Å². The fourth-order valence-corrected chi connectivity index (χ4v) is 2.01. The van der Waals surface area contributed by atoms with E-state index in [0.29, 0.717) is 24.7 Å². The minimum absolute atomic E-state index is 0.414. The highest BCUT2D eigenvalue weighted by Gasteiger charge is 2.07. The van der Waals surface area contributed by atoms with Gasteiger partial charge in [0.15, 0.2) is 11.5 Å². The molecule has 0 saturated carbocycles. The lowest BCUT2D eigenvalue weighted by atomic mass is 10.2. The molecule has 0 aliphatic heterocycles. The summed E-state index contributed by atoms with van der Waals surface area (Å²) >= 11 is 0. The Labute approximate surface area is 142 Å². The number of esters is 1. The zero-order chi connectivity index (χ0) is 17.2. The molecular weight excluding hydrogens is 304 g/mol. The highest BCUT2D eigenvalue weighted by Crippen LogP contribution is 2.26. The fourth-order valence-electron chi connectivity index (χ4n) is 2.01. The number of rotatable bonds is 8. The third kappa shape index (κ3) is 5.47. The molecule has 0 fully saturated rings. The van der Waals surface area contributed by atoms with Crippen LogP contribution in [0, 0.1) is 0 Å². The van der Waals surface area contributed by atoms with Gasteiger partial charge in [-0.2, -0.15) is 0 Å². The Balaban J connectivity index is 1.95. The third-order valence-corrected chi connectivity index (χ3v) is 3.12. The van der Waals surface area contributed by atoms with E-state index in [0.717, 1.165) is 17.7 Å². The minimum Gasteiger partial charge on any atom is -0.494 e. The second kappa shape index (κ2) is 9.40. The van der Waals surface area contributed by atoms with Crippen molar-refractivity contribution in [1.82, 2.24) is 0 Å². The Bertz CT molecular complexity index is 674. The van der Waals surface area contributed by atoms with Gasteiger partial charge in [0, 0.05) is 6.08 Å². The van der Waals surface area contributed by atoms with E-state index in [1.807, 2.05) is 37.3 Å². The number of carbonyl (C=O) groups excluding carboxylic acids is 1. The minimum atomic E-state index is -0.450. The molecule has 0 saturated heterocycles. The molecule has 2 rings (SSSR count). The van der Waals surface area contributed by atoms with Crippen molar-refractivity contribution in [2.24, 2.45) is 0 Å². The number of benzene rings is 2. The molecular formula is C20H22O4. The summed E-state index contributed by atoms with van der Waals surface area (Å²) in [4.78, 5) is 12.0. The maximum absolute atomic E-state index is 12.0. The van der Waals surface area contributed by atoms with Gasteiger partial charge in [0.05, 0.1) is 13.2 Å². The molecule has 0 aromatic heterocycles. The topological polar surface area (TPSA) is 44.8 Å². The van der Waals surface area contributed by atoms with Crippen molar-refractivity contribution in [2.75, 3.05) is 13.2 Å². The van der Waals surface area contributed by atoms with Gasteiger partial charge in [-0.05, 0) is 49.2 Å². The molecule has 0 N–H and O–H groups in total. The van der Waals surface area contributed by atoms with Gasteiger partial charge in [-0.25, -0.2) is 4.79 Å². The first-order valence-corrected chi connectivity index (χ1v) is 8.07. The Hall–Kier alpha value is -2.75. The van der Waals surface area contributed by atoms with Crippen molar-refractivity contribution in [2.45, 2.75) is 20.3 Å². The molecule has 4 heteroatoms. The summed E-state index contributed by atoms with van der Waals surface area (Å²) in [7, 11) is 0. The quantitative estimate of drug-likeness (QED) is 0.407. The van der Waals surface area contributed by atoms with Crippen molar-refractivity contribution in [3.8, 4) is 17.2 Å². The zero-order valence-corrected chi connectivity index (χ0v) is 14.0. The predicted octanol–water partition coefficient (Wildman–Crippen LogP) is 4.49. The van der Waals surface area contributed by atoms with Gasteiger partial charge in [-0.3, -0.25) is 0 Å². The predicted molar refractivity (Wildman–Crippen MR) is 94.5 cm³/mol. The molecule has 126 valence electrons. The summed E-state index contributed by atoms with van der Waals surface area (Å²) in [5.74, 6) is 1.34. The van der Waals surface area contributed by atoms with Crippen LogP contribution in [0.4, 0.5) is 0 Å². The molecule has 4 nitrogen and oxygen atoms in total. The van der Waals surface area contributed by atoms with Crippen molar-refractivity contribution >= 4 is 12.0 Å². The van der Waals surface area contributed by atoms with Gasteiger partial charge < -0.3 is 14.2 Å². The van der Waals surface area contributed by atoms with Gasteiger partial charge >= 0.3 is 5.97 Å². The van der Waals surface area contributed by atoms with E-state index in [9.17, 15) is 4.79 Å². The molecule has 0 aliphatic carbocycles. The molecule has 24 heavy (non-hydrogen) atoms. The molecule has 0 spiro atoms. The lowest BCUT2D eigenvalue weighted by Crippen LogP contribution is -2.05. The van der Waals surface area contributed by atoms with Crippen molar-refractivity contribution in [3.05, 3.63) is 60.2 Å². The van der Waals surface area contributed by atoms with Crippen LogP contribution in [0.5, 0.6) is 17.2 Å². The number of ether oxygens (including phenoxy) is 3. The molecule has 2 aromatic rings. The normalized spacial score (nSPS) is 10.6. The van der Waals surface area contributed by atoms with Crippen LogP contribution in [-0.4, -0.2) is 19.2 Å². The lowest BCUT2D eigenvalue weighted by Gasteiger charge is -2.08. The van der Waals surface area contributed by atoms with Gasteiger partial charge in [-0.1, -0.05) is 31.2 Å². The highest BCUT2D eigenvalue weighted by molar-refractivity contribution is 5.89. The lowest BCUT2D eigenvalue weighted by molar-refractivity contribution is -0.129. The average Bonchev–Trinajstić information content (AvgIpc) is 2.61. The van der Waals surface area contributed by atoms with Gasteiger partial charge in [0.25, 0.3) is 0 Å². The molecule has 0 heterocycles. The van der Waals surface area contributed by atoms with Crippen LogP contribution in [0.25, 0.3) is 6.08 Å². The van der Waals surface area contributed by atoms with Crippen LogP contribution < -0.4 is 14.2 Å². The third-order valence-electron chi connectivity index (χ3n) is 3.12. The molecule has 0 bridgehead atoms. The first kappa shape index (κ1) is 17.6. The van der Waals surface area contributed by atoms with E-state index in [1.165, 1.54) is 6.08 Å². The summed E-state index contributed by atoms with van der Waals surface area (Å²) in [5.41, 5.74) is 0.897. The smallest absolute Gasteiger partial charge is 0.336 e. The second-order valence-corrected chi connectivity index (χ2v) is 5.05. The van der Waals surface area contributed by atoms with E-state index in [-0.39, 0.29) is 0 Å². The van der Waals surface area contributed by atoms with E-state index in [4.69, 9.17) is 14.2 Å². The monoisotopic (exact) mass is 326 g/mol. The van der Waals surface area contributed by atoms with Crippen LogP contribution in [0.3, 0.4) is 0 Å².